The van der Waals surface area contributed by atoms with Crippen molar-refractivity contribution in [3.8, 4) is 0 Å². The fourth-order valence-corrected chi connectivity index (χ4v) is 1.43. The number of halogens is 2. The maximum atomic E-state index is 10.4. The number of carboxylic acid groups (broad SMARTS) is 1. The smallest absolute Gasteiger partial charge is 0.332 e. The maximum Gasteiger partial charge on any atom is 0.332 e. The molecule has 14 heavy (non-hydrogen) atoms. The second kappa shape index (κ2) is 4.77. The van der Waals surface area contributed by atoms with Crippen LogP contribution in [-0.4, -0.2) is 22.3 Å². The average molecular weight is 280 g/mol. The van der Waals surface area contributed by atoms with Gasteiger partial charge in [-0.05, 0) is 33.6 Å². The van der Waals surface area contributed by atoms with Gasteiger partial charge in [0.25, 0.3) is 0 Å². The van der Waals surface area contributed by atoms with Crippen LogP contribution in [0.2, 0.25) is 5.02 Å². The van der Waals surface area contributed by atoms with E-state index < -0.39 is 12.1 Å². The number of aliphatic hydroxyl groups excluding tert-OH is 1. The first-order valence-corrected chi connectivity index (χ1v) is 5.02. The molecule has 1 rings (SSSR count). The molecule has 5 heteroatoms. The van der Waals surface area contributed by atoms with Gasteiger partial charge in [0.2, 0.25) is 0 Å². The number of carboxylic acids is 1. The summed E-state index contributed by atoms with van der Waals surface area (Å²) in [6, 6.07) is 5.05. The minimum absolute atomic E-state index is 0.0579. The zero-order valence-electron chi connectivity index (χ0n) is 7.08. The summed E-state index contributed by atoms with van der Waals surface area (Å²) in [5.74, 6) is -1.23. The van der Waals surface area contributed by atoms with E-state index in [1.165, 1.54) is 0 Å². The quantitative estimate of drug-likeness (QED) is 0.891. The van der Waals surface area contributed by atoms with Gasteiger partial charge in [-0.3, -0.25) is 0 Å². The van der Waals surface area contributed by atoms with Gasteiger partial charge in [-0.2, -0.15) is 0 Å². The van der Waals surface area contributed by atoms with Crippen LogP contribution in [0.3, 0.4) is 0 Å². The summed E-state index contributed by atoms with van der Waals surface area (Å²) in [6.07, 6.45) is -1.32. The second-order valence-corrected chi connectivity index (χ2v) is 4.07. The molecule has 1 aromatic rings. The Morgan fingerprint density at radius 2 is 2.21 bits per heavy atom. The van der Waals surface area contributed by atoms with Crippen molar-refractivity contribution in [1.29, 1.82) is 0 Å². The Labute approximate surface area is 94.4 Å². The van der Waals surface area contributed by atoms with Gasteiger partial charge in [0.05, 0.1) is 5.02 Å². The molecule has 0 bridgehead atoms. The highest BCUT2D eigenvalue weighted by Crippen LogP contribution is 2.23. The van der Waals surface area contributed by atoms with Crippen LogP contribution in [0.15, 0.2) is 22.7 Å². The molecule has 3 nitrogen and oxygen atoms in total. The lowest BCUT2D eigenvalue weighted by atomic mass is 10.1. The number of rotatable bonds is 3. The number of carbonyl (C=O) groups is 1. The first-order valence-electron chi connectivity index (χ1n) is 3.85. The zero-order chi connectivity index (χ0) is 10.7. The van der Waals surface area contributed by atoms with Crippen LogP contribution in [0, 0.1) is 0 Å². The monoisotopic (exact) mass is 278 g/mol. The van der Waals surface area contributed by atoms with E-state index in [0.29, 0.717) is 10.6 Å². The Morgan fingerprint density at radius 1 is 1.57 bits per heavy atom. The lowest BCUT2D eigenvalue weighted by molar-refractivity contribution is -0.146. The summed E-state index contributed by atoms with van der Waals surface area (Å²) < 4.78 is 0.743. The van der Waals surface area contributed by atoms with Crippen molar-refractivity contribution in [2.45, 2.75) is 12.5 Å². The van der Waals surface area contributed by atoms with E-state index in [1.54, 1.807) is 18.2 Å². The molecular formula is C9H8BrClO3. The van der Waals surface area contributed by atoms with Gasteiger partial charge in [0.1, 0.15) is 0 Å². The van der Waals surface area contributed by atoms with Crippen molar-refractivity contribution in [2.24, 2.45) is 0 Å². The molecule has 0 saturated carbocycles. The molecule has 76 valence electrons. The van der Waals surface area contributed by atoms with Crippen LogP contribution in [0.4, 0.5) is 0 Å². The number of benzene rings is 1. The fraction of sp³-hybridized carbons (Fsp3) is 0.222. The van der Waals surface area contributed by atoms with Crippen LogP contribution in [0.25, 0.3) is 0 Å². The normalized spacial score (nSPS) is 12.5. The average Bonchev–Trinajstić information content (AvgIpc) is 2.11. The number of hydrogen-bond acceptors (Lipinski definition) is 2. The maximum absolute atomic E-state index is 10.4. The van der Waals surface area contributed by atoms with Crippen LogP contribution in [-0.2, 0) is 11.2 Å². The highest BCUT2D eigenvalue weighted by molar-refractivity contribution is 9.10. The minimum atomic E-state index is -1.38. The molecule has 0 fully saturated rings. The summed E-state index contributed by atoms with van der Waals surface area (Å²) in [5, 5.41) is 18.1. The SMILES string of the molecule is O=C(O)C(O)Cc1ccc(Br)c(Cl)c1. The third-order valence-corrected chi connectivity index (χ3v) is 2.93. The van der Waals surface area contributed by atoms with Crippen molar-refractivity contribution in [2.75, 3.05) is 0 Å². The van der Waals surface area contributed by atoms with Gasteiger partial charge in [-0.25, -0.2) is 4.79 Å². The Balaban J connectivity index is 2.78. The summed E-state index contributed by atoms with van der Waals surface area (Å²) in [4.78, 5) is 10.4. The van der Waals surface area contributed by atoms with Gasteiger partial charge >= 0.3 is 5.97 Å². The highest BCUT2D eigenvalue weighted by atomic mass is 79.9. The highest BCUT2D eigenvalue weighted by Gasteiger charge is 2.13. The van der Waals surface area contributed by atoms with Crippen molar-refractivity contribution in [3.05, 3.63) is 33.3 Å². The standard InChI is InChI=1S/C9H8BrClO3/c10-6-2-1-5(3-7(6)11)4-8(12)9(13)14/h1-3,8,12H,4H2,(H,13,14). The molecule has 0 aliphatic carbocycles. The van der Waals surface area contributed by atoms with Crippen LogP contribution < -0.4 is 0 Å². The molecule has 0 aromatic heterocycles. The third-order valence-electron chi connectivity index (χ3n) is 1.70. The van der Waals surface area contributed by atoms with E-state index >= 15 is 0 Å². The summed E-state index contributed by atoms with van der Waals surface area (Å²) in [5.41, 5.74) is 0.688. The number of aliphatic carboxylic acids is 1. The van der Waals surface area contributed by atoms with Crippen molar-refractivity contribution in [3.63, 3.8) is 0 Å². The molecule has 0 aliphatic rings. The predicted octanol–water partition coefficient (Wildman–Crippen LogP) is 2.09. The largest absolute Gasteiger partial charge is 0.479 e. The Hall–Kier alpha value is -0.580. The van der Waals surface area contributed by atoms with E-state index in [1.807, 2.05) is 0 Å². The molecule has 0 amide bonds. The molecular weight excluding hydrogens is 271 g/mol. The molecule has 2 N–H and O–H groups in total. The van der Waals surface area contributed by atoms with Crippen LogP contribution in [0.1, 0.15) is 5.56 Å². The van der Waals surface area contributed by atoms with E-state index in [-0.39, 0.29) is 6.42 Å². The van der Waals surface area contributed by atoms with E-state index in [2.05, 4.69) is 15.9 Å². The lowest BCUT2D eigenvalue weighted by Crippen LogP contribution is -2.21. The molecule has 1 unspecified atom stereocenters. The topological polar surface area (TPSA) is 57.5 Å². The summed E-state index contributed by atoms with van der Waals surface area (Å²) >= 11 is 9.01. The minimum Gasteiger partial charge on any atom is -0.479 e. The van der Waals surface area contributed by atoms with Crippen molar-refractivity contribution >= 4 is 33.5 Å². The van der Waals surface area contributed by atoms with Gasteiger partial charge in [0.15, 0.2) is 6.10 Å². The Kier molecular flexibility index (Phi) is 3.92. The molecule has 0 spiro atoms. The molecule has 1 aromatic carbocycles. The molecule has 0 radical (unpaired) electrons. The molecule has 0 aliphatic heterocycles. The van der Waals surface area contributed by atoms with E-state index in [4.69, 9.17) is 21.8 Å². The fourth-order valence-electron chi connectivity index (χ4n) is 0.977. The molecule has 1 atom stereocenters. The first kappa shape index (κ1) is 11.5. The second-order valence-electron chi connectivity index (χ2n) is 2.81. The van der Waals surface area contributed by atoms with Gasteiger partial charge < -0.3 is 10.2 Å². The van der Waals surface area contributed by atoms with Crippen molar-refractivity contribution < 1.29 is 15.0 Å². The Bertz CT molecular complexity index is 354. The molecule has 0 saturated heterocycles. The third kappa shape index (κ3) is 2.97. The first-order chi connectivity index (χ1) is 6.50. The number of hydrogen-bond donors (Lipinski definition) is 2. The van der Waals surface area contributed by atoms with E-state index in [0.717, 1.165) is 4.47 Å². The number of aliphatic hydroxyl groups is 1. The van der Waals surface area contributed by atoms with Gasteiger partial charge in [-0.1, -0.05) is 17.7 Å². The lowest BCUT2D eigenvalue weighted by Gasteiger charge is -2.06. The molecule has 0 heterocycles. The van der Waals surface area contributed by atoms with Crippen LogP contribution in [0.5, 0.6) is 0 Å². The summed E-state index contributed by atoms with van der Waals surface area (Å²) in [6.45, 7) is 0. The summed E-state index contributed by atoms with van der Waals surface area (Å²) in [7, 11) is 0. The predicted molar refractivity (Wildman–Crippen MR) is 56.5 cm³/mol. The van der Waals surface area contributed by atoms with Crippen LogP contribution >= 0.6 is 27.5 Å². The van der Waals surface area contributed by atoms with E-state index in [9.17, 15) is 4.79 Å². The Morgan fingerprint density at radius 3 is 2.71 bits per heavy atom. The zero-order valence-corrected chi connectivity index (χ0v) is 9.42. The van der Waals surface area contributed by atoms with Gasteiger partial charge in [-0.15, -0.1) is 0 Å². The van der Waals surface area contributed by atoms with Crippen molar-refractivity contribution in [1.82, 2.24) is 0 Å². The van der Waals surface area contributed by atoms with Gasteiger partial charge in [0, 0.05) is 10.9 Å².